The van der Waals surface area contributed by atoms with E-state index in [0.717, 1.165) is 57.7 Å². The van der Waals surface area contributed by atoms with Crippen molar-refractivity contribution in [2.75, 3.05) is 38.5 Å². The van der Waals surface area contributed by atoms with Gasteiger partial charge in [-0.3, -0.25) is 4.79 Å². The fourth-order valence-corrected chi connectivity index (χ4v) is 2.70. The van der Waals surface area contributed by atoms with Crippen molar-refractivity contribution in [1.82, 2.24) is 9.80 Å². The van der Waals surface area contributed by atoms with E-state index in [2.05, 4.69) is 17.0 Å². The average molecular weight is 275 g/mol. The average Bonchev–Trinajstić information content (AvgIpc) is 2.67. The second-order valence-electron chi connectivity index (χ2n) is 5.55. The molecule has 0 bridgehead atoms. The van der Waals surface area contributed by atoms with Gasteiger partial charge in [0.1, 0.15) is 0 Å². The van der Waals surface area contributed by atoms with Gasteiger partial charge in [0.15, 0.2) is 0 Å². The Morgan fingerprint density at radius 2 is 1.90 bits per heavy atom. The molecule has 0 unspecified atom stereocenters. The van der Waals surface area contributed by atoms with Gasteiger partial charge in [-0.2, -0.15) is 0 Å². The molecule has 1 aromatic carbocycles. The number of nitrogen functional groups attached to an aromatic ring is 1. The Kier molecular flexibility index (Phi) is 5.41. The predicted molar refractivity (Wildman–Crippen MR) is 82.5 cm³/mol. The number of rotatable bonds is 4. The molecule has 2 N–H and O–H groups in total. The predicted octanol–water partition coefficient (Wildman–Crippen LogP) is 1.76. The van der Waals surface area contributed by atoms with E-state index >= 15 is 0 Å². The van der Waals surface area contributed by atoms with Crippen molar-refractivity contribution in [1.29, 1.82) is 0 Å². The Hall–Kier alpha value is -1.55. The molecule has 0 radical (unpaired) electrons. The summed E-state index contributed by atoms with van der Waals surface area (Å²) >= 11 is 0. The summed E-state index contributed by atoms with van der Waals surface area (Å²) in [7, 11) is 0. The van der Waals surface area contributed by atoms with Crippen molar-refractivity contribution in [3.05, 3.63) is 29.8 Å². The normalized spacial score (nSPS) is 16.9. The summed E-state index contributed by atoms with van der Waals surface area (Å²) in [5.41, 5.74) is 7.86. The second-order valence-corrected chi connectivity index (χ2v) is 5.55. The van der Waals surface area contributed by atoms with Crippen LogP contribution in [0.4, 0.5) is 5.69 Å². The standard InChI is InChI=1S/C16H25N3O/c1-14(20)19-11-3-10-18(12-13-19)9-2-4-15-5-7-16(17)8-6-15/h5-8H,2-4,9-13,17H2,1H3. The molecule has 0 spiro atoms. The summed E-state index contributed by atoms with van der Waals surface area (Å²) in [5.74, 6) is 0.203. The van der Waals surface area contributed by atoms with Gasteiger partial charge in [-0.25, -0.2) is 0 Å². The molecular weight excluding hydrogens is 250 g/mol. The molecule has 1 aromatic rings. The molecule has 20 heavy (non-hydrogen) atoms. The number of nitrogens with two attached hydrogens (primary N) is 1. The first kappa shape index (κ1) is 14.9. The van der Waals surface area contributed by atoms with Gasteiger partial charge in [0.2, 0.25) is 5.91 Å². The highest BCUT2D eigenvalue weighted by Gasteiger charge is 2.15. The number of hydrogen-bond donors (Lipinski definition) is 1. The topological polar surface area (TPSA) is 49.6 Å². The summed E-state index contributed by atoms with van der Waals surface area (Å²) < 4.78 is 0. The van der Waals surface area contributed by atoms with Crippen LogP contribution in [0, 0.1) is 0 Å². The second kappa shape index (κ2) is 7.29. The van der Waals surface area contributed by atoms with Gasteiger partial charge in [-0.05, 0) is 50.0 Å². The number of anilines is 1. The quantitative estimate of drug-likeness (QED) is 0.852. The highest BCUT2D eigenvalue weighted by atomic mass is 16.2. The lowest BCUT2D eigenvalue weighted by Crippen LogP contribution is -2.34. The molecule has 0 aliphatic carbocycles. The van der Waals surface area contributed by atoms with Crippen LogP contribution in [0.5, 0.6) is 0 Å². The molecule has 0 saturated carbocycles. The summed E-state index contributed by atoms with van der Waals surface area (Å²) in [6.07, 6.45) is 3.33. The lowest BCUT2D eigenvalue weighted by atomic mass is 10.1. The Morgan fingerprint density at radius 3 is 2.60 bits per heavy atom. The van der Waals surface area contributed by atoms with Crippen LogP contribution in [0.1, 0.15) is 25.3 Å². The number of carbonyl (C=O) groups excluding carboxylic acids is 1. The van der Waals surface area contributed by atoms with Crippen LogP contribution in [0.3, 0.4) is 0 Å². The lowest BCUT2D eigenvalue weighted by molar-refractivity contribution is -0.128. The third kappa shape index (κ3) is 4.53. The highest BCUT2D eigenvalue weighted by Crippen LogP contribution is 2.09. The number of carbonyl (C=O) groups is 1. The van der Waals surface area contributed by atoms with Crippen LogP contribution in [0.15, 0.2) is 24.3 Å². The summed E-state index contributed by atoms with van der Waals surface area (Å²) in [6, 6.07) is 8.14. The van der Waals surface area contributed by atoms with Gasteiger partial charge in [-0.15, -0.1) is 0 Å². The third-order valence-electron chi connectivity index (χ3n) is 3.95. The Labute approximate surface area is 121 Å². The zero-order valence-corrected chi connectivity index (χ0v) is 12.3. The van der Waals surface area contributed by atoms with E-state index in [1.165, 1.54) is 5.56 Å². The first-order valence-electron chi connectivity index (χ1n) is 7.47. The van der Waals surface area contributed by atoms with E-state index in [1.807, 2.05) is 17.0 Å². The van der Waals surface area contributed by atoms with Crippen molar-refractivity contribution >= 4 is 11.6 Å². The van der Waals surface area contributed by atoms with E-state index in [4.69, 9.17) is 5.73 Å². The molecule has 4 heteroatoms. The van der Waals surface area contributed by atoms with Crippen molar-refractivity contribution in [2.45, 2.75) is 26.2 Å². The molecule has 0 aromatic heterocycles. The molecule has 1 amide bonds. The van der Waals surface area contributed by atoms with Gasteiger partial charge in [-0.1, -0.05) is 12.1 Å². The maximum Gasteiger partial charge on any atom is 0.219 e. The van der Waals surface area contributed by atoms with E-state index in [1.54, 1.807) is 6.92 Å². The van der Waals surface area contributed by atoms with Crippen LogP contribution in [0.2, 0.25) is 0 Å². The Balaban J connectivity index is 1.71. The van der Waals surface area contributed by atoms with E-state index in [-0.39, 0.29) is 5.91 Å². The molecule has 110 valence electrons. The van der Waals surface area contributed by atoms with Crippen LogP contribution in [0.25, 0.3) is 0 Å². The van der Waals surface area contributed by atoms with Crippen LogP contribution >= 0.6 is 0 Å². The molecule has 1 aliphatic rings. The Bertz CT molecular complexity index is 430. The van der Waals surface area contributed by atoms with Crippen LogP contribution in [-0.2, 0) is 11.2 Å². The van der Waals surface area contributed by atoms with Crippen molar-refractivity contribution in [3.8, 4) is 0 Å². The van der Waals surface area contributed by atoms with Gasteiger partial charge >= 0.3 is 0 Å². The first-order chi connectivity index (χ1) is 9.65. The zero-order chi connectivity index (χ0) is 14.4. The Morgan fingerprint density at radius 1 is 1.15 bits per heavy atom. The first-order valence-corrected chi connectivity index (χ1v) is 7.47. The number of nitrogens with zero attached hydrogens (tertiary/aromatic N) is 2. The molecule has 1 saturated heterocycles. The van der Waals surface area contributed by atoms with Crippen LogP contribution < -0.4 is 5.73 Å². The van der Waals surface area contributed by atoms with Gasteiger partial charge < -0.3 is 15.5 Å². The fraction of sp³-hybridized carbons (Fsp3) is 0.562. The third-order valence-corrected chi connectivity index (χ3v) is 3.95. The number of hydrogen-bond acceptors (Lipinski definition) is 3. The van der Waals surface area contributed by atoms with Gasteiger partial charge in [0.25, 0.3) is 0 Å². The zero-order valence-electron chi connectivity index (χ0n) is 12.3. The van der Waals surface area contributed by atoms with Gasteiger partial charge in [0.05, 0.1) is 0 Å². The fourth-order valence-electron chi connectivity index (χ4n) is 2.70. The summed E-state index contributed by atoms with van der Waals surface area (Å²) in [4.78, 5) is 15.8. The minimum absolute atomic E-state index is 0.203. The van der Waals surface area contributed by atoms with Crippen LogP contribution in [-0.4, -0.2) is 48.4 Å². The summed E-state index contributed by atoms with van der Waals surface area (Å²) in [5, 5.41) is 0. The van der Waals surface area contributed by atoms with E-state index < -0.39 is 0 Å². The number of aryl methyl sites for hydroxylation is 1. The maximum absolute atomic E-state index is 11.4. The maximum atomic E-state index is 11.4. The minimum atomic E-state index is 0.203. The molecule has 1 aliphatic heterocycles. The molecule has 1 heterocycles. The minimum Gasteiger partial charge on any atom is -0.399 e. The molecular formula is C16H25N3O. The highest BCUT2D eigenvalue weighted by molar-refractivity contribution is 5.73. The molecule has 0 atom stereocenters. The van der Waals surface area contributed by atoms with Crippen molar-refractivity contribution in [2.24, 2.45) is 0 Å². The lowest BCUT2D eigenvalue weighted by Gasteiger charge is -2.21. The monoisotopic (exact) mass is 275 g/mol. The van der Waals surface area contributed by atoms with E-state index in [0.29, 0.717) is 0 Å². The van der Waals surface area contributed by atoms with Gasteiger partial charge in [0, 0.05) is 32.2 Å². The SMILES string of the molecule is CC(=O)N1CCCN(CCCc2ccc(N)cc2)CC1. The van der Waals surface area contributed by atoms with E-state index in [9.17, 15) is 4.79 Å². The molecule has 2 rings (SSSR count). The largest absolute Gasteiger partial charge is 0.399 e. The molecule has 4 nitrogen and oxygen atoms in total. The number of amides is 1. The molecule has 1 fully saturated rings. The summed E-state index contributed by atoms with van der Waals surface area (Å²) in [6.45, 7) is 6.65. The van der Waals surface area contributed by atoms with Crippen molar-refractivity contribution in [3.63, 3.8) is 0 Å². The van der Waals surface area contributed by atoms with Crippen molar-refractivity contribution < 1.29 is 4.79 Å². The number of benzene rings is 1. The smallest absolute Gasteiger partial charge is 0.219 e.